The fourth-order valence-electron chi connectivity index (χ4n) is 1.77. The largest absolute Gasteiger partial charge is 0.378 e. The number of halogens is 1. The topological polar surface area (TPSA) is 28.6 Å². The summed E-state index contributed by atoms with van der Waals surface area (Å²) in [5, 5.41) is 0. The Morgan fingerprint density at radius 1 is 1.38 bits per heavy atom. The summed E-state index contributed by atoms with van der Waals surface area (Å²) in [6.45, 7) is 3.43. The van der Waals surface area contributed by atoms with Gasteiger partial charge in [0.15, 0.2) is 5.82 Å². The SMILES string of the molecule is CN(C)c1cc(I)cnc1N1CCOCC1. The molecule has 1 aromatic heterocycles. The molecule has 2 heterocycles. The van der Waals surface area contributed by atoms with Crippen molar-refractivity contribution in [2.24, 2.45) is 0 Å². The lowest BCUT2D eigenvalue weighted by molar-refractivity contribution is 0.122. The quantitative estimate of drug-likeness (QED) is 0.769. The van der Waals surface area contributed by atoms with E-state index in [0.717, 1.165) is 32.1 Å². The number of ether oxygens (including phenoxy) is 1. The number of anilines is 2. The van der Waals surface area contributed by atoms with E-state index in [9.17, 15) is 0 Å². The lowest BCUT2D eigenvalue weighted by Crippen LogP contribution is -2.37. The van der Waals surface area contributed by atoms with Crippen molar-refractivity contribution in [3.63, 3.8) is 0 Å². The Morgan fingerprint density at radius 2 is 2.06 bits per heavy atom. The molecule has 0 unspecified atom stereocenters. The van der Waals surface area contributed by atoms with Crippen LogP contribution in [0.5, 0.6) is 0 Å². The van der Waals surface area contributed by atoms with Gasteiger partial charge in [-0.3, -0.25) is 0 Å². The second kappa shape index (κ2) is 5.18. The summed E-state index contributed by atoms with van der Waals surface area (Å²) in [4.78, 5) is 8.94. The van der Waals surface area contributed by atoms with E-state index in [4.69, 9.17) is 4.74 Å². The van der Waals surface area contributed by atoms with Crippen molar-refractivity contribution < 1.29 is 4.74 Å². The highest BCUT2D eigenvalue weighted by molar-refractivity contribution is 14.1. The van der Waals surface area contributed by atoms with E-state index >= 15 is 0 Å². The van der Waals surface area contributed by atoms with Crippen molar-refractivity contribution in [1.29, 1.82) is 0 Å². The molecule has 88 valence electrons. The standard InChI is InChI=1S/C11H16IN3O/c1-14(2)10-7-9(12)8-13-11(10)15-3-5-16-6-4-15/h7-8H,3-6H2,1-2H3. The van der Waals surface area contributed by atoms with Gasteiger partial charge in [0.1, 0.15) is 0 Å². The molecule has 4 nitrogen and oxygen atoms in total. The van der Waals surface area contributed by atoms with Crippen LogP contribution in [0.2, 0.25) is 0 Å². The minimum absolute atomic E-state index is 0.792. The molecular formula is C11H16IN3O. The van der Waals surface area contributed by atoms with Gasteiger partial charge in [-0.2, -0.15) is 0 Å². The zero-order valence-corrected chi connectivity index (χ0v) is 11.8. The van der Waals surface area contributed by atoms with E-state index in [1.807, 2.05) is 6.20 Å². The van der Waals surface area contributed by atoms with Crippen LogP contribution < -0.4 is 9.80 Å². The fraction of sp³-hybridized carbons (Fsp3) is 0.545. The van der Waals surface area contributed by atoms with E-state index in [2.05, 4.69) is 57.5 Å². The van der Waals surface area contributed by atoms with Crippen molar-refractivity contribution in [2.45, 2.75) is 0 Å². The molecule has 0 N–H and O–H groups in total. The maximum atomic E-state index is 5.36. The van der Waals surface area contributed by atoms with Crippen molar-refractivity contribution >= 4 is 34.1 Å². The third-order valence-electron chi connectivity index (χ3n) is 2.61. The summed E-state index contributed by atoms with van der Waals surface area (Å²) in [5.74, 6) is 1.06. The lowest BCUT2D eigenvalue weighted by atomic mass is 10.3. The van der Waals surface area contributed by atoms with Crippen LogP contribution in [0.1, 0.15) is 0 Å². The third-order valence-corrected chi connectivity index (χ3v) is 3.20. The van der Waals surface area contributed by atoms with E-state index in [0.29, 0.717) is 0 Å². The van der Waals surface area contributed by atoms with Gasteiger partial charge in [0.25, 0.3) is 0 Å². The third kappa shape index (κ3) is 2.57. The van der Waals surface area contributed by atoms with Gasteiger partial charge in [-0.15, -0.1) is 0 Å². The molecule has 0 aromatic carbocycles. The van der Waals surface area contributed by atoms with E-state index < -0.39 is 0 Å². The molecule has 0 amide bonds. The predicted octanol–water partition coefficient (Wildman–Crippen LogP) is 1.59. The van der Waals surface area contributed by atoms with Crippen LogP contribution in [0.15, 0.2) is 12.3 Å². The molecule has 2 rings (SSSR count). The highest BCUT2D eigenvalue weighted by Crippen LogP contribution is 2.27. The van der Waals surface area contributed by atoms with Crippen molar-refractivity contribution in [3.05, 3.63) is 15.8 Å². The molecule has 0 saturated carbocycles. The number of pyridine rings is 1. The Labute approximate surface area is 110 Å². The van der Waals surface area contributed by atoms with Gasteiger partial charge in [0.2, 0.25) is 0 Å². The molecule has 0 aliphatic carbocycles. The van der Waals surface area contributed by atoms with Gasteiger partial charge in [-0.05, 0) is 28.7 Å². The minimum atomic E-state index is 0.792. The summed E-state index contributed by atoms with van der Waals surface area (Å²) >= 11 is 2.29. The van der Waals surface area contributed by atoms with Crippen LogP contribution in [0, 0.1) is 3.57 Å². The first-order chi connectivity index (χ1) is 7.68. The summed E-state index contributed by atoms with van der Waals surface area (Å²) < 4.78 is 6.53. The van der Waals surface area contributed by atoms with Gasteiger partial charge >= 0.3 is 0 Å². The fourth-order valence-corrected chi connectivity index (χ4v) is 2.20. The number of hydrogen-bond acceptors (Lipinski definition) is 4. The number of hydrogen-bond donors (Lipinski definition) is 0. The van der Waals surface area contributed by atoms with Gasteiger partial charge in [0, 0.05) is 37.0 Å². The Hall–Kier alpha value is -0.560. The van der Waals surface area contributed by atoms with Crippen LogP contribution in [-0.4, -0.2) is 45.4 Å². The van der Waals surface area contributed by atoms with E-state index in [1.165, 1.54) is 9.26 Å². The Bertz CT molecular complexity index is 364. The first-order valence-electron chi connectivity index (χ1n) is 5.34. The molecule has 0 spiro atoms. The normalized spacial score (nSPS) is 16.3. The highest BCUT2D eigenvalue weighted by Gasteiger charge is 2.17. The van der Waals surface area contributed by atoms with Gasteiger partial charge in [-0.1, -0.05) is 0 Å². The first-order valence-corrected chi connectivity index (χ1v) is 6.42. The highest BCUT2D eigenvalue weighted by atomic mass is 127. The molecule has 16 heavy (non-hydrogen) atoms. The molecule has 5 heteroatoms. The Balaban J connectivity index is 2.31. The maximum Gasteiger partial charge on any atom is 0.152 e. The molecule has 0 radical (unpaired) electrons. The zero-order valence-electron chi connectivity index (χ0n) is 9.61. The lowest BCUT2D eigenvalue weighted by Gasteiger charge is -2.31. The van der Waals surface area contributed by atoms with Gasteiger partial charge in [-0.25, -0.2) is 4.98 Å². The molecule has 1 aliphatic rings. The molecular weight excluding hydrogens is 317 g/mol. The van der Waals surface area contributed by atoms with Crippen LogP contribution in [0.25, 0.3) is 0 Å². The smallest absolute Gasteiger partial charge is 0.152 e. The van der Waals surface area contributed by atoms with E-state index in [1.54, 1.807) is 0 Å². The summed E-state index contributed by atoms with van der Waals surface area (Å²) in [7, 11) is 4.11. The maximum absolute atomic E-state index is 5.36. The van der Waals surface area contributed by atoms with Crippen molar-refractivity contribution in [1.82, 2.24) is 4.98 Å². The molecule has 1 aliphatic heterocycles. The number of morpholine rings is 1. The second-order valence-corrected chi connectivity index (χ2v) is 5.24. The summed E-state index contributed by atoms with van der Waals surface area (Å²) in [5.41, 5.74) is 1.17. The van der Waals surface area contributed by atoms with Crippen LogP contribution in [-0.2, 0) is 4.74 Å². The first kappa shape index (κ1) is 11.9. The van der Waals surface area contributed by atoms with Crippen molar-refractivity contribution in [3.8, 4) is 0 Å². The Kier molecular flexibility index (Phi) is 3.86. The molecule has 1 saturated heterocycles. The van der Waals surface area contributed by atoms with Crippen LogP contribution >= 0.6 is 22.6 Å². The van der Waals surface area contributed by atoms with Gasteiger partial charge in [0.05, 0.1) is 18.9 Å². The molecule has 1 fully saturated rings. The molecule has 0 atom stereocenters. The number of rotatable bonds is 2. The van der Waals surface area contributed by atoms with Gasteiger partial charge < -0.3 is 14.5 Å². The Morgan fingerprint density at radius 3 is 2.69 bits per heavy atom. The number of aromatic nitrogens is 1. The van der Waals surface area contributed by atoms with Crippen molar-refractivity contribution in [2.75, 3.05) is 50.2 Å². The molecule has 0 bridgehead atoms. The van der Waals surface area contributed by atoms with E-state index in [-0.39, 0.29) is 0 Å². The number of nitrogens with zero attached hydrogens (tertiary/aromatic N) is 3. The second-order valence-electron chi connectivity index (χ2n) is 3.99. The average Bonchev–Trinajstić information content (AvgIpc) is 2.30. The van der Waals surface area contributed by atoms with Crippen LogP contribution in [0.4, 0.5) is 11.5 Å². The summed E-state index contributed by atoms with van der Waals surface area (Å²) in [6.07, 6.45) is 1.92. The summed E-state index contributed by atoms with van der Waals surface area (Å²) in [6, 6.07) is 2.17. The van der Waals surface area contributed by atoms with Crippen LogP contribution in [0.3, 0.4) is 0 Å². The minimum Gasteiger partial charge on any atom is -0.378 e. The zero-order chi connectivity index (χ0) is 11.5. The average molecular weight is 333 g/mol. The predicted molar refractivity (Wildman–Crippen MR) is 74.3 cm³/mol. The monoisotopic (exact) mass is 333 g/mol. The molecule has 1 aromatic rings.